The number of alkyl halides is 3. The Bertz CT molecular complexity index is 871. The van der Waals surface area contributed by atoms with Gasteiger partial charge < -0.3 is 9.47 Å². The Morgan fingerprint density at radius 1 is 1.04 bits per heavy atom. The number of ether oxygens (including phenoxy) is 2. The third kappa shape index (κ3) is 6.02. The maximum atomic E-state index is 12.8. The highest BCUT2D eigenvalue weighted by Gasteiger charge is 2.32. The van der Waals surface area contributed by atoms with Crippen molar-refractivity contribution in [3.05, 3.63) is 53.1 Å². The summed E-state index contributed by atoms with van der Waals surface area (Å²) >= 11 is 5.75. The molecule has 0 saturated heterocycles. The van der Waals surface area contributed by atoms with E-state index in [2.05, 4.69) is 4.72 Å². The van der Waals surface area contributed by atoms with Crippen LogP contribution in [-0.4, -0.2) is 28.2 Å². The van der Waals surface area contributed by atoms with Crippen molar-refractivity contribution in [2.45, 2.75) is 18.0 Å². The van der Waals surface area contributed by atoms with Crippen molar-refractivity contribution in [3.8, 4) is 11.5 Å². The second-order valence-corrected chi connectivity index (χ2v) is 7.44. The van der Waals surface area contributed by atoms with E-state index in [1.807, 2.05) is 6.92 Å². The van der Waals surface area contributed by atoms with Gasteiger partial charge in [-0.2, -0.15) is 13.2 Å². The molecule has 2 aromatic carbocycles. The van der Waals surface area contributed by atoms with E-state index in [0.717, 1.165) is 12.1 Å². The molecule has 2 rings (SSSR count). The molecular formula is C17H17ClF3NO4S. The molecule has 5 nitrogen and oxygen atoms in total. The molecule has 0 atom stereocenters. The van der Waals surface area contributed by atoms with Crippen LogP contribution >= 0.6 is 11.6 Å². The molecule has 0 unspecified atom stereocenters. The van der Waals surface area contributed by atoms with Crippen molar-refractivity contribution < 1.29 is 31.1 Å². The molecule has 0 spiro atoms. The van der Waals surface area contributed by atoms with E-state index in [4.69, 9.17) is 21.1 Å². The lowest BCUT2D eigenvalue weighted by atomic mass is 10.2. The van der Waals surface area contributed by atoms with Crippen LogP contribution < -0.4 is 14.2 Å². The summed E-state index contributed by atoms with van der Waals surface area (Å²) in [4.78, 5) is -0.639. The molecule has 0 saturated carbocycles. The number of hydrogen-bond donors (Lipinski definition) is 1. The van der Waals surface area contributed by atoms with Crippen LogP contribution in [0.15, 0.2) is 47.4 Å². The number of sulfonamides is 1. The van der Waals surface area contributed by atoms with E-state index in [1.54, 1.807) is 24.3 Å². The molecule has 0 fully saturated rings. The van der Waals surface area contributed by atoms with Crippen LogP contribution in [0.5, 0.6) is 11.5 Å². The van der Waals surface area contributed by atoms with Crippen molar-refractivity contribution in [2.24, 2.45) is 0 Å². The Balaban J connectivity index is 1.97. The van der Waals surface area contributed by atoms with Gasteiger partial charge in [0.1, 0.15) is 23.0 Å². The van der Waals surface area contributed by atoms with E-state index < -0.39 is 26.7 Å². The third-order valence-electron chi connectivity index (χ3n) is 3.35. The fourth-order valence-corrected chi connectivity index (χ4v) is 3.64. The molecule has 0 aliphatic carbocycles. The number of nitrogens with one attached hydrogen (secondary N) is 1. The lowest BCUT2D eigenvalue weighted by Gasteiger charge is -2.12. The Morgan fingerprint density at radius 3 is 2.19 bits per heavy atom. The summed E-state index contributed by atoms with van der Waals surface area (Å²) in [7, 11) is -4.22. The zero-order chi connectivity index (χ0) is 20.1. The molecule has 148 valence electrons. The summed E-state index contributed by atoms with van der Waals surface area (Å²) in [5.41, 5.74) is -1.10. The second kappa shape index (κ2) is 8.81. The first-order valence-electron chi connectivity index (χ1n) is 7.85. The van der Waals surface area contributed by atoms with Crippen molar-refractivity contribution in [3.63, 3.8) is 0 Å². The van der Waals surface area contributed by atoms with Gasteiger partial charge in [0.05, 0.1) is 17.2 Å². The average Bonchev–Trinajstić information content (AvgIpc) is 2.59. The van der Waals surface area contributed by atoms with E-state index >= 15 is 0 Å². The van der Waals surface area contributed by atoms with E-state index in [9.17, 15) is 21.6 Å². The van der Waals surface area contributed by atoms with Gasteiger partial charge in [0.2, 0.25) is 10.0 Å². The summed E-state index contributed by atoms with van der Waals surface area (Å²) in [5.74, 6) is 1.17. The fourth-order valence-electron chi connectivity index (χ4n) is 2.11. The molecular weight excluding hydrogens is 407 g/mol. The first-order chi connectivity index (χ1) is 12.6. The maximum Gasteiger partial charge on any atom is 0.416 e. The lowest BCUT2D eigenvalue weighted by molar-refractivity contribution is -0.137. The van der Waals surface area contributed by atoms with Gasteiger partial charge in [0.15, 0.2) is 0 Å². The molecule has 0 radical (unpaired) electrons. The zero-order valence-electron chi connectivity index (χ0n) is 14.2. The molecule has 2 aromatic rings. The number of hydrogen-bond acceptors (Lipinski definition) is 4. The van der Waals surface area contributed by atoms with Gasteiger partial charge in [0, 0.05) is 6.54 Å². The predicted octanol–water partition coefficient (Wildman–Crippen LogP) is 4.11. The zero-order valence-corrected chi connectivity index (χ0v) is 15.8. The minimum atomic E-state index is -4.67. The number of halogens is 4. The van der Waals surface area contributed by atoms with Gasteiger partial charge in [-0.05, 0) is 49.4 Å². The molecule has 0 aliphatic heterocycles. The monoisotopic (exact) mass is 423 g/mol. The molecule has 0 aliphatic rings. The van der Waals surface area contributed by atoms with Crippen molar-refractivity contribution >= 4 is 21.6 Å². The van der Waals surface area contributed by atoms with Crippen LogP contribution in [0.1, 0.15) is 12.5 Å². The van der Waals surface area contributed by atoms with Gasteiger partial charge >= 0.3 is 6.18 Å². The van der Waals surface area contributed by atoms with Crippen molar-refractivity contribution in [2.75, 3.05) is 19.8 Å². The Labute approximate surface area is 160 Å². The summed E-state index contributed by atoms with van der Waals surface area (Å²) < 4.78 is 75.6. The first kappa shape index (κ1) is 21.3. The molecule has 10 heteroatoms. The van der Waals surface area contributed by atoms with Gasteiger partial charge in [0.25, 0.3) is 0 Å². The largest absolute Gasteiger partial charge is 0.494 e. The smallest absolute Gasteiger partial charge is 0.416 e. The summed E-state index contributed by atoms with van der Waals surface area (Å²) in [6.45, 7) is 2.21. The molecule has 0 aromatic heterocycles. The molecule has 1 N–H and O–H groups in total. The van der Waals surface area contributed by atoms with Gasteiger partial charge in [-0.3, -0.25) is 0 Å². The maximum absolute atomic E-state index is 12.8. The van der Waals surface area contributed by atoms with Gasteiger partial charge in [-0.1, -0.05) is 11.6 Å². The van der Waals surface area contributed by atoms with E-state index in [1.165, 1.54) is 0 Å². The fraction of sp³-hybridized carbons (Fsp3) is 0.294. The second-order valence-electron chi connectivity index (χ2n) is 5.29. The Hall–Kier alpha value is -1.97. The minimum Gasteiger partial charge on any atom is -0.494 e. The Morgan fingerprint density at radius 2 is 1.63 bits per heavy atom. The number of rotatable bonds is 8. The first-order valence-corrected chi connectivity index (χ1v) is 9.71. The quantitative estimate of drug-likeness (QED) is 0.649. The molecule has 0 heterocycles. The van der Waals surface area contributed by atoms with Crippen LogP contribution in [0, 0.1) is 0 Å². The highest BCUT2D eigenvalue weighted by Crippen LogP contribution is 2.33. The van der Waals surface area contributed by atoms with Crippen LogP contribution in [0.3, 0.4) is 0 Å². The molecule has 27 heavy (non-hydrogen) atoms. The van der Waals surface area contributed by atoms with Gasteiger partial charge in [-0.15, -0.1) is 0 Å². The molecule has 0 bridgehead atoms. The summed E-state index contributed by atoms with van der Waals surface area (Å²) in [6, 6.07) is 8.83. The van der Waals surface area contributed by atoms with Crippen LogP contribution in [0.2, 0.25) is 5.02 Å². The normalized spacial score (nSPS) is 12.0. The van der Waals surface area contributed by atoms with Crippen molar-refractivity contribution in [1.29, 1.82) is 0 Å². The minimum absolute atomic E-state index is 0.0240. The predicted molar refractivity (Wildman–Crippen MR) is 94.7 cm³/mol. The van der Waals surface area contributed by atoms with Crippen LogP contribution in [0.25, 0.3) is 0 Å². The summed E-state index contributed by atoms with van der Waals surface area (Å²) in [6.07, 6.45) is -4.67. The van der Waals surface area contributed by atoms with Crippen LogP contribution in [0.4, 0.5) is 13.2 Å². The third-order valence-corrected chi connectivity index (χ3v) is 5.29. The average molecular weight is 424 g/mol. The lowest BCUT2D eigenvalue weighted by Crippen LogP contribution is -2.28. The van der Waals surface area contributed by atoms with E-state index in [0.29, 0.717) is 24.2 Å². The summed E-state index contributed by atoms with van der Waals surface area (Å²) in [5, 5.41) is -0.303. The Kier molecular flexibility index (Phi) is 6.96. The van der Waals surface area contributed by atoms with Crippen LogP contribution in [-0.2, 0) is 16.2 Å². The van der Waals surface area contributed by atoms with Gasteiger partial charge in [-0.25, -0.2) is 13.1 Å². The topological polar surface area (TPSA) is 64.6 Å². The van der Waals surface area contributed by atoms with Crippen molar-refractivity contribution in [1.82, 2.24) is 4.72 Å². The standard InChI is InChI=1S/C17H17ClF3NO4S/c1-2-25-13-4-6-14(7-5-13)26-10-9-22-27(23,24)16-11-12(17(19,20)21)3-8-15(16)18/h3-8,11,22H,2,9-10H2,1H3. The van der Waals surface area contributed by atoms with E-state index in [-0.39, 0.29) is 18.2 Å². The highest BCUT2D eigenvalue weighted by molar-refractivity contribution is 7.89. The molecule has 0 amide bonds. The SMILES string of the molecule is CCOc1ccc(OCCNS(=O)(=O)c2cc(C(F)(F)F)ccc2Cl)cc1. The number of benzene rings is 2. The highest BCUT2D eigenvalue weighted by atomic mass is 35.5.